The van der Waals surface area contributed by atoms with Gasteiger partial charge >= 0.3 is 0 Å². The predicted octanol–water partition coefficient (Wildman–Crippen LogP) is 1.85. The van der Waals surface area contributed by atoms with Crippen molar-refractivity contribution in [3.05, 3.63) is 17.5 Å². The van der Waals surface area contributed by atoms with Crippen LogP contribution in [0, 0.1) is 0 Å². The lowest BCUT2D eigenvalue weighted by Gasteiger charge is -2.25. The molecular weight excluding hydrogens is 324 g/mol. The van der Waals surface area contributed by atoms with Crippen LogP contribution in [0.3, 0.4) is 0 Å². The van der Waals surface area contributed by atoms with Crippen molar-refractivity contribution in [3.63, 3.8) is 0 Å². The second-order valence-corrected chi connectivity index (χ2v) is 7.36. The normalized spacial score (nSPS) is 13.3. The average Bonchev–Trinajstić information content (AvgIpc) is 3.02. The van der Waals surface area contributed by atoms with Gasteiger partial charge in [-0.15, -0.1) is 21.5 Å². The number of hydrogen-bond acceptors (Lipinski definition) is 7. The first kappa shape index (κ1) is 16.9. The van der Waals surface area contributed by atoms with Crippen LogP contribution < -0.4 is 5.73 Å². The van der Waals surface area contributed by atoms with Crippen LogP contribution in [0.5, 0.6) is 0 Å². The summed E-state index contributed by atoms with van der Waals surface area (Å²) in [6.07, 6.45) is -1.26. The zero-order valence-electron chi connectivity index (χ0n) is 12.5. The van der Waals surface area contributed by atoms with Gasteiger partial charge in [0.15, 0.2) is 11.0 Å². The molecule has 2 aromatic heterocycles. The number of carbonyl (C=O) groups is 1. The molecule has 0 bridgehead atoms. The Hall–Kier alpha value is -1.42. The van der Waals surface area contributed by atoms with E-state index < -0.39 is 17.9 Å². The summed E-state index contributed by atoms with van der Waals surface area (Å²) in [7, 11) is 0. The average molecular weight is 342 g/mol. The van der Waals surface area contributed by atoms with Gasteiger partial charge in [0.05, 0.1) is 16.2 Å². The maximum atomic E-state index is 11.0. The fourth-order valence-corrected chi connectivity index (χ4v) is 3.04. The van der Waals surface area contributed by atoms with E-state index in [4.69, 9.17) is 10.5 Å². The molecule has 2 rings (SSSR count). The first-order chi connectivity index (χ1) is 10.3. The largest absolute Gasteiger partial charge is 0.369 e. The van der Waals surface area contributed by atoms with Crippen LogP contribution in [-0.4, -0.2) is 37.1 Å². The summed E-state index contributed by atoms with van der Waals surface area (Å²) in [5.74, 6) is 0.0623. The number of nitrogens with two attached hydrogens (primary N) is 1. The topological polar surface area (TPSA) is 103 Å². The van der Waals surface area contributed by atoms with Gasteiger partial charge in [-0.3, -0.25) is 9.36 Å². The zero-order chi connectivity index (χ0) is 16.3. The molecule has 3 N–H and O–H groups in total. The molecule has 0 aliphatic rings. The van der Waals surface area contributed by atoms with E-state index >= 15 is 0 Å². The van der Waals surface area contributed by atoms with Crippen molar-refractivity contribution in [3.8, 4) is 10.7 Å². The quantitative estimate of drug-likeness (QED) is 0.613. The maximum Gasteiger partial charge on any atom is 0.245 e. The fourth-order valence-electron chi connectivity index (χ4n) is 1.65. The van der Waals surface area contributed by atoms with E-state index in [1.165, 1.54) is 15.9 Å². The molecular formula is C13H18N4O3S2. The number of thioether (sulfide) groups is 1. The molecule has 0 aromatic carbocycles. The van der Waals surface area contributed by atoms with Crippen molar-refractivity contribution in [2.45, 2.75) is 37.9 Å². The number of rotatable bonds is 6. The standard InChI is InChI=1S/C13H18N4O3S2/c1-13(2,3)20-12(19)17-10(8-5-4-6-21-8)15-16-11(17)22-7-9(14)18/h4-6,12,19H,7H2,1-3H3,(H2,14,18). The van der Waals surface area contributed by atoms with E-state index in [1.54, 1.807) is 0 Å². The molecule has 0 saturated carbocycles. The van der Waals surface area contributed by atoms with Gasteiger partial charge in [-0.25, -0.2) is 0 Å². The molecule has 0 saturated heterocycles. The van der Waals surface area contributed by atoms with Crippen molar-refractivity contribution in [2.75, 3.05) is 5.75 Å². The molecule has 22 heavy (non-hydrogen) atoms. The number of nitrogens with zero attached hydrogens (tertiary/aromatic N) is 3. The van der Waals surface area contributed by atoms with Gasteiger partial charge in [0, 0.05) is 0 Å². The Balaban J connectivity index is 2.37. The lowest BCUT2D eigenvalue weighted by molar-refractivity contribution is -0.212. The van der Waals surface area contributed by atoms with Crippen molar-refractivity contribution in [2.24, 2.45) is 5.73 Å². The molecule has 0 spiro atoms. The van der Waals surface area contributed by atoms with Crippen LogP contribution in [0.15, 0.2) is 22.7 Å². The smallest absolute Gasteiger partial charge is 0.245 e. The summed E-state index contributed by atoms with van der Waals surface area (Å²) in [5, 5.41) is 20.8. The van der Waals surface area contributed by atoms with Gasteiger partial charge in [0.1, 0.15) is 0 Å². The molecule has 0 radical (unpaired) electrons. The Labute approximate surface area is 136 Å². The second-order valence-electron chi connectivity index (χ2n) is 5.46. The van der Waals surface area contributed by atoms with Crippen LogP contribution in [0.1, 0.15) is 27.2 Å². The summed E-state index contributed by atoms with van der Waals surface area (Å²) in [5.41, 5.74) is 4.61. The van der Waals surface area contributed by atoms with Gasteiger partial charge in [-0.1, -0.05) is 17.8 Å². The molecule has 0 aliphatic carbocycles. The third-order valence-corrected chi connectivity index (χ3v) is 4.26. The molecule has 120 valence electrons. The minimum atomic E-state index is -1.26. The molecule has 7 nitrogen and oxygen atoms in total. The van der Waals surface area contributed by atoms with Crippen LogP contribution in [0.25, 0.3) is 10.7 Å². The first-order valence-corrected chi connectivity index (χ1v) is 8.40. The highest BCUT2D eigenvalue weighted by molar-refractivity contribution is 7.99. The number of hydrogen-bond donors (Lipinski definition) is 2. The third kappa shape index (κ3) is 4.29. The molecule has 1 atom stereocenters. The minimum absolute atomic E-state index is 0.0464. The lowest BCUT2D eigenvalue weighted by atomic mass is 10.2. The van der Waals surface area contributed by atoms with Crippen molar-refractivity contribution < 1.29 is 14.6 Å². The number of carbonyl (C=O) groups excluding carboxylic acids is 1. The summed E-state index contributed by atoms with van der Waals surface area (Å²) in [6, 6.07) is 3.75. The van der Waals surface area contributed by atoms with Crippen molar-refractivity contribution in [1.29, 1.82) is 0 Å². The number of amides is 1. The summed E-state index contributed by atoms with van der Waals surface area (Å²) >= 11 is 2.58. The highest BCUT2D eigenvalue weighted by Gasteiger charge is 2.25. The van der Waals surface area contributed by atoms with E-state index in [1.807, 2.05) is 38.3 Å². The van der Waals surface area contributed by atoms with E-state index in [0.717, 1.165) is 16.6 Å². The molecule has 0 fully saturated rings. The highest BCUT2D eigenvalue weighted by atomic mass is 32.2. The van der Waals surface area contributed by atoms with Gasteiger partial charge in [-0.2, -0.15) is 0 Å². The Morgan fingerprint density at radius 1 is 1.55 bits per heavy atom. The van der Waals surface area contributed by atoms with Gasteiger partial charge < -0.3 is 15.6 Å². The van der Waals surface area contributed by atoms with E-state index in [0.29, 0.717) is 11.0 Å². The molecule has 2 aromatic rings. The van der Waals surface area contributed by atoms with Gasteiger partial charge in [0.25, 0.3) is 0 Å². The molecule has 2 heterocycles. The van der Waals surface area contributed by atoms with Crippen molar-refractivity contribution in [1.82, 2.24) is 14.8 Å². The first-order valence-electron chi connectivity index (χ1n) is 6.53. The maximum absolute atomic E-state index is 11.0. The molecule has 9 heteroatoms. The number of aliphatic hydroxyl groups excluding tert-OH is 1. The van der Waals surface area contributed by atoms with Gasteiger partial charge in [-0.05, 0) is 32.2 Å². The number of aliphatic hydroxyl groups is 1. The summed E-state index contributed by atoms with van der Waals surface area (Å²) in [4.78, 5) is 11.8. The van der Waals surface area contributed by atoms with E-state index in [-0.39, 0.29) is 5.75 Å². The second kappa shape index (κ2) is 6.78. The SMILES string of the molecule is CC(C)(C)OC(O)n1c(SCC(N)=O)nnc1-c1cccs1. The fraction of sp³-hybridized carbons (Fsp3) is 0.462. The van der Waals surface area contributed by atoms with E-state index in [9.17, 15) is 9.90 Å². The van der Waals surface area contributed by atoms with Crippen LogP contribution in [0.4, 0.5) is 0 Å². The number of aromatic nitrogens is 3. The minimum Gasteiger partial charge on any atom is -0.369 e. The Morgan fingerprint density at radius 2 is 2.27 bits per heavy atom. The highest BCUT2D eigenvalue weighted by Crippen LogP contribution is 2.31. The number of primary amides is 1. The predicted molar refractivity (Wildman–Crippen MR) is 85.3 cm³/mol. The molecule has 1 unspecified atom stereocenters. The molecule has 0 aliphatic heterocycles. The zero-order valence-corrected chi connectivity index (χ0v) is 14.1. The van der Waals surface area contributed by atoms with Crippen LogP contribution in [0.2, 0.25) is 0 Å². The number of thiophene rings is 1. The number of ether oxygens (including phenoxy) is 1. The van der Waals surface area contributed by atoms with Crippen LogP contribution >= 0.6 is 23.1 Å². The van der Waals surface area contributed by atoms with Crippen molar-refractivity contribution >= 4 is 29.0 Å². The summed E-state index contributed by atoms with van der Waals surface area (Å²) in [6.45, 7) is 5.50. The van der Waals surface area contributed by atoms with Gasteiger partial charge in [0.2, 0.25) is 12.3 Å². The third-order valence-electron chi connectivity index (χ3n) is 2.43. The summed E-state index contributed by atoms with van der Waals surface area (Å²) < 4.78 is 7.04. The lowest BCUT2D eigenvalue weighted by Crippen LogP contribution is -2.26. The molecule has 1 amide bonds. The Morgan fingerprint density at radius 3 is 2.82 bits per heavy atom. The Kier molecular flexibility index (Phi) is 5.22. The van der Waals surface area contributed by atoms with Crippen LogP contribution in [-0.2, 0) is 9.53 Å². The van der Waals surface area contributed by atoms with E-state index in [2.05, 4.69) is 10.2 Å². The monoisotopic (exact) mass is 342 g/mol. The Bertz CT molecular complexity index is 634.